The number of aromatic nitrogens is 2. The highest BCUT2D eigenvalue weighted by atomic mass is 16.5. The lowest BCUT2D eigenvalue weighted by atomic mass is 10.0. The van der Waals surface area contributed by atoms with Crippen LogP contribution in [0.3, 0.4) is 0 Å². The van der Waals surface area contributed by atoms with Crippen LogP contribution in [0.5, 0.6) is 0 Å². The van der Waals surface area contributed by atoms with Crippen molar-refractivity contribution in [1.82, 2.24) is 25.4 Å². The molecule has 0 unspecified atom stereocenters. The molecule has 1 saturated heterocycles. The number of hydrogen-bond donors (Lipinski definition) is 3. The summed E-state index contributed by atoms with van der Waals surface area (Å²) in [5.74, 6) is -0.999. The number of rotatable bonds is 11. The molecule has 166 valence electrons. The predicted molar refractivity (Wildman–Crippen MR) is 110 cm³/mol. The summed E-state index contributed by atoms with van der Waals surface area (Å²) in [7, 11) is 0. The molecule has 1 aromatic heterocycles. The topological polar surface area (TPSA) is 128 Å². The number of unbranched alkanes of at least 4 members (excludes halogenated alkanes) is 2. The van der Waals surface area contributed by atoms with Crippen molar-refractivity contribution >= 4 is 24.2 Å². The fourth-order valence-corrected chi connectivity index (χ4v) is 3.43. The van der Waals surface area contributed by atoms with Gasteiger partial charge in [-0.3, -0.25) is 30.4 Å². The summed E-state index contributed by atoms with van der Waals surface area (Å²) in [5, 5.41) is 9.94. The van der Waals surface area contributed by atoms with E-state index in [1.54, 1.807) is 17.9 Å². The van der Waals surface area contributed by atoms with E-state index in [1.807, 2.05) is 0 Å². The molecular formula is C20H32N6O4. The minimum absolute atomic E-state index is 0.103. The van der Waals surface area contributed by atoms with E-state index in [9.17, 15) is 19.6 Å². The fourth-order valence-electron chi connectivity index (χ4n) is 3.43. The Morgan fingerprint density at radius 1 is 1.27 bits per heavy atom. The number of hydroxylamine groups is 2. The van der Waals surface area contributed by atoms with Crippen LogP contribution in [0.15, 0.2) is 6.07 Å². The number of carbonyl (C=O) groups is 3. The molecule has 1 fully saturated rings. The average Bonchev–Trinajstić information content (AvgIpc) is 2.76. The van der Waals surface area contributed by atoms with Gasteiger partial charge < -0.3 is 4.90 Å². The standard InChI is InChI=1S/C20H32N6O4/c1-3-4-6-9-16(13-26(30)14-27)18(28)23-24-20-21-15(2)12-17(22-20)19(29)25-10-7-5-8-11-25/h12,14,16,30H,3-11,13H2,1-2H3,(H,23,28)(H,21,22,24)/t16-/m1/s1. The Bertz CT molecular complexity index is 723. The summed E-state index contributed by atoms with van der Waals surface area (Å²) in [6.07, 6.45) is 6.64. The number of hydrogen-bond acceptors (Lipinski definition) is 7. The highest BCUT2D eigenvalue weighted by molar-refractivity contribution is 5.92. The van der Waals surface area contributed by atoms with Crippen LogP contribution in [-0.2, 0) is 9.59 Å². The molecule has 0 radical (unpaired) electrons. The van der Waals surface area contributed by atoms with E-state index in [0.29, 0.717) is 17.2 Å². The van der Waals surface area contributed by atoms with Crippen molar-refractivity contribution < 1.29 is 19.6 Å². The molecule has 1 atom stereocenters. The molecule has 30 heavy (non-hydrogen) atoms. The minimum Gasteiger partial charge on any atom is -0.337 e. The Morgan fingerprint density at radius 2 is 2.00 bits per heavy atom. The van der Waals surface area contributed by atoms with Gasteiger partial charge in [-0.1, -0.05) is 26.2 Å². The zero-order valence-corrected chi connectivity index (χ0v) is 17.8. The first-order valence-corrected chi connectivity index (χ1v) is 10.6. The average molecular weight is 421 g/mol. The van der Waals surface area contributed by atoms with Gasteiger partial charge in [0.2, 0.25) is 18.3 Å². The molecule has 2 rings (SSSR count). The Morgan fingerprint density at radius 3 is 2.67 bits per heavy atom. The fraction of sp³-hybridized carbons (Fsp3) is 0.650. The third-order valence-electron chi connectivity index (χ3n) is 5.07. The second-order valence-corrected chi connectivity index (χ2v) is 7.61. The van der Waals surface area contributed by atoms with Crippen molar-refractivity contribution in [3.63, 3.8) is 0 Å². The van der Waals surface area contributed by atoms with E-state index in [-0.39, 0.29) is 36.4 Å². The monoisotopic (exact) mass is 420 g/mol. The Labute approximate surface area is 177 Å². The van der Waals surface area contributed by atoms with Gasteiger partial charge in [-0.15, -0.1) is 0 Å². The number of nitrogens with zero attached hydrogens (tertiary/aromatic N) is 4. The van der Waals surface area contributed by atoms with E-state index in [2.05, 4.69) is 27.7 Å². The van der Waals surface area contributed by atoms with Crippen LogP contribution in [0, 0.1) is 12.8 Å². The molecule has 1 aromatic rings. The molecule has 1 aliphatic heterocycles. The van der Waals surface area contributed by atoms with Gasteiger partial charge in [0.15, 0.2) is 0 Å². The van der Waals surface area contributed by atoms with Crippen LogP contribution in [0.25, 0.3) is 0 Å². The zero-order chi connectivity index (χ0) is 21.9. The number of amides is 3. The maximum absolute atomic E-state index is 12.7. The largest absolute Gasteiger partial charge is 0.337 e. The van der Waals surface area contributed by atoms with E-state index < -0.39 is 5.92 Å². The second-order valence-electron chi connectivity index (χ2n) is 7.61. The molecule has 3 N–H and O–H groups in total. The third-order valence-corrected chi connectivity index (χ3v) is 5.07. The molecule has 10 heteroatoms. The maximum atomic E-state index is 12.7. The van der Waals surface area contributed by atoms with Crippen molar-refractivity contribution in [1.29, 1.82) is 0 Å². The molecule has 0 spiro atoms. The normalized spacial score (nSPS) is 14.7. The number of anilines is 1. The molecule has 1 aliphatic rings. The van der Waals surface area contributed by atoms with Crippen LogP contribution in [0.1, 0.15) is 68.1 Å². The molecule has 0 bridgehead atoms. The number of aryl methyl sites for hydroxylation is 1. The van der Waals surface area contributed by atoms with E-state index in [1.165, 1.54) is 0 Å². The molecule has 0 saturated carbocycles. The highest BCUT2D eigenvalue weighted by Gasteiger charge is 2.22. The lowest BCUT2D eigenvalue weighted by molar-refractivity contribution is -0.154. The number of nitrogens with one attached hydrogen (secondary N) is 2. The van der Waals surface area contributed by atoms with Crippen molar-refractivity contribution in [2.45, 2.75) is 58.8 Å². The van der Waals surface area contributed by atoms with E-state index in [0.717, 1.165) is 51.6 Å². The summed E-state index contributed by atoms with van der Waals surface area (Å²) in [6.45, 7) is 5.14. The molecule has 0 aromatic carbocycles. The van der Waals surface area contributed by atoms with Crippen LogP contribution < -0.4 is 10.9 Å². The number of hydrazine groups is 1. The lowest BCUT2D eigenvalue weighted by Gasteiger charge is -2.26. The van der Waals surface area contributed by atoms with Gasteiger partial charge in [-0.05, 0) is 38.7 Å². The van der Waals surface area contributed by atoms with Crippen LogP contribution in [0.2, 0.25) is 0 Å². The van der Waals surface area contributed by atoms with Gasteiger partial charge in [0.25, 0.3) is 5.91 Å². The van der Waals surface area contributed by atoms with Gasteiger partial charge in [-0.2, -0.15) is 0 Å². The SMILES string of the molecule is CCCCC[C@H](CN(O)C=O)C(=O)NNc1nc(C)cc(C(=O)N2CCCCC2)n1. The first-order valence-electron chi connectivity index (χ1n) is 10.6. The van der Waals surface area contributed by atoms with Gasteiger partial charge in [-0.25, -0.2) is 15.0 Å². The van der Waals surface area contributed by atoms with Crippen LogP contribution in [-0.4, -0.2) is 63.0 Å². The number of likely N-dealkylation sites (tertiary alicyclic amines) is 1. The van der Waals surface area contributed by atoms with E-state index in [4.69, 9.17) is 0 Å². The van der Waals surface area contributed by atoms with Crippen molar-refractivity contribution in [2.24, 2.45) is 5.92 Å². The second kappa shape index (κ2) is 12.1. The van der Waals surface area contributed by atoms with Crippen molar-refractivity contribution in [2.75, 3.05) is 25.1 Å². The zero-order valence-electron chi connectivity index (χ0n) is 17.8. The first kappa shape index (κ1) is 23.5. The third kappa shape index (κ3) is 7.25. The predicted octanol–water partition coefficient (Wildman–Crippen LogP) is 1.90. The van der Waals surface area contributed by atoms with Gasteiger partial charge in [0.05, 0.1) is 12.5 Å². The van der Waals surface area contributed by atoms with E-state index >= 15 is 0 Å². The molecular weight excluding hydrogens is 388 g/mol. The quantitative estimate of drug-likeness (QED) is 0.216. The van der Waals surface area contributed by atoms with Gasteiger partial charge >= 0.3 is 0 Å². The molecule has 3 amide bonds. The van der Waals surface area contributed by atoms with Crippen molar-refractivity contribution in [3.8, 4) is 0 Å². The Hall–Kier alpha value is -2.75. The van der Waals surface area contributed by atoms with Gasteiger partial charge in [0.1, 0.15) is 5.69 Å². The molecule has 10 nitrogen and oxygen atoms in total. The smallest absolute Gasteiger partial charge is 0.272 e. The summed E-state index contributed by atoms with van der Waals surface area (Å²) < 4.78 is 0. The first-order chi connectivity index (χ1) is 14.4. The van der Waals surface area contributed by atoms with Crippen LogP contribution in [0.4, 0.5) is 5.95 Å². The summed E-state index contributed by atoms with van der Waals surface area (Å²) in [4.78, 5) is 46.2. The highest BCUT2D eigenvalue weighted by Crippen LogP contribution is 2.14. The Kier molecular flexibility index (Phi) is 9.46. The lowest BCUT2D eigenvalue weighted by Crippen LogP contribution is -2.41. The minimum atomic E-state index is -0.585. The van der Waals surface area contributed by atoms with Gasteiger partial charge in [0, 0.05) is 18.8 Å². The summed E-state index contributed by atoms with van der Waals surface area (Å²) >= 11 is 0. The number of carbonyl (C=O) groups excluding carboxylic acids is 3. The maximum Gasteiger partial charge on any atom is 0.272 e. The number of piperidine rings is 1. The molecule has 0 aliphatic carbocycles. The summed E-state index contributed by atoms with van der Waals surface area (Å²) in [5.41, 5.74) is 6.08. The summed E-state index contributed by atoms with van der Waals surface area (Å²) in [6, 6.07) is 1.63. The van der Waals surface area contributed by atoms with Crippen LogP contribution >= 0.6 is 0 Å². The van der Waals surface area contributed by atoms with Crippen molar-refractivity contribution in [3.05, 3.63) is 17.5 Å². The Balaban J connectivity index is 2.01. The molecule has 2 heterocycles.